The second-order valence-corrected chi connectivity index (χ2v) is 12.7. The van der Waals surface area contributed by atoms with E-state index in [-0.39, 0.29) is 10.8 Å². The van der Waals surface area contributed by atoms with Crippen molar-refractivity contribution >= 4 is 0 Å². The molecule has 4 saturated carbocycles. The van der Waals surface area contributed by atoms with Gasteiger partial charge in [-0.15, -0.1) is 0 Å². The van der Waals surface area contributed by atoms with Crippen LogP contribution >= 0.6 is 0 Å². The van der Waals surface area contributed by atoms with Gasteiger partial charge in [0.2, 0.25) is 0 Å². The van der Waals surface area contributed by atoms with Crippen LogP contribution in [-0.4, -0.2) is 38.6 Å². The molecular formula is C33H45NO3. The Kier molecular flexibility index (Phi) is 7.39. The van der Waals surface area contributed by atoms with Gasteiger partial charge in [-0.1, -0.05) is 56.4 Å². The Labute approximate surface area is 222 Å². The van der Waals surface area contributed by atoms with Crippen molar-refractivity contribution in [1.29, 1.82) is 0 Å². The third kappa shape index (κ3) is 5.05. The molecule has 0 bridgehead atoms. The maximum Gasteiger partial charge on any atom is 0.0832 e. The van der Waals surface area contributed by atoms with E-state index < -0.39 is 18.3 Å². The van der Waals surface area contributed by atoms with E-state index in [9.17, 15) is 15.3 Å². The molecule has 0 aliphatic heterocycles. The predicted molar refractivity (Wildman–Crippen MR) is 149 cm³/mol. The van der Waals surface area contributed by atoms with Crippen molar-refractivity contribution in [3.05, 3.63) is 77.2 Å². The van der Waals surface area contributed by atoms with Crippen LogP contribution in [0.25, 0.3) is 0 Å². The molecule has 0 saturated heterocycles. The Balaban J connectivity index is 1.28. The van der Waals surface area contributed by atoms with E-state index in [1.54, 1.807) is 0 Å². The summed E-state index contributed by atoms with van der Waals surface area (Å²) in [6, 6.07) is 4.18. The highest BCUT2D eigenvalue weighted by atomic mass is 16.3. The van der Waals surface area contributed by atoms with Gasteiger partial charge >= 0.3 is 0 Å². The van der Waals surface area contributed by atoms with Crippen molar-refractivity contribution in [1.82, 2.24) is 4.98 Å². The molecule has 4 aliphatic carbocycles. The number of allylic oxidation sites excluding steroid dienone is 4. The average molecular weight is 504 g/mol. The maximum absolute atomic E-state index is 11.2. The summed E-state index contributed by atoms with van der Waals surface area (Å²) in [7, 11) is 0. The minimum atomic E-state index is -0.638. The van der Waals surface area contributed by atoms with Crippen molar-refractivity contribution in [2.45, 2.75) is 102 Å². The van der Waals surface area contributed by atoms with E-state index in [4.69, 9.17) is 0 Å². The third-order valence-corrected chi connectivity index (χ3v) is 10.3. The quantitative estimate of drug-likeness (QED) is 0.409. The van der Waals surface area contributed by atoms with Gasteiger partial charge in [-0.25, -0.2) is 0 Å². The van der Waals surface area contributed by atoms with Gasteiger partial charge in [-0.3, -0.25) is 4.98 Å². The molecule has 0 amide bonds. The predicted octanol–water partition coefficient (Wildman–Crippen LogP) is 6.12. The number of rotatable bonds is 6. The number of hydrogen-bond donors (Lipinski definition) is 3. The first-order valence-electron chi connectivity index (χ1n) is 14.4. The topological polar surface area (TPSA) is 73.6 Å². The lowest BCUT2D eigenvalue weighted by Gasteiger charge is -2.44. The van der Waals surface area contributed by atoms with Gasteiger partial charge in [0, 0.05) is 23.7 Å². The molecule has 0 aromatic carbocycles. The summed E-state index contributed by atoms with van der Waals surface area (Å²) in [5.74, 6) is 1.58. The van der Waals surface area contributed by atoms with Crippen molar-refractivity contribution in [3.63, 3.8) is 0 Å². The minimum Gasteiger partial charge on any atom is -0.393 e. The fraction of sp³-hybridized carbons (Fsp3) is 0.606. The zero-order chi connectivity index (χ0) is 26.4. The van der Waals surface area contributed by atoms with Crippen LogP contribution in [0.1, 0.15) is 82.9 Å². The molecule has 200 valence electrons. The Morgan fingerprint density at radius 3 is 2.59 bits per heavy atom. The molecule has 1 heterocycles. The summed E-state index contributed by atoms with van der Waals surface area (Å²) >= 11 is 0. The monoisotopic (exact) mass is 503 g/mol. The van der Waals surface area contributed by atoms with Crippen molar-refractivity contribution in [2.75, 3.05) is 0 Å². The summed E-state index contributed by atoms with van der Waals surface area (Å²) < 4.78 is 0. The Bertz CT molecular complexity index is 1100. The third-order valence-electron chi connectivity index (χ3n) is 10.3. The van der Waals surface area contributed by atoms with Gasteiger partial charge in [-0.2, -0.15) is 0 Å². The van der Waals surface area contributed by atoms with Crippen LogP contribution in [0.2, 0.25) is 0 Å². The van der Waals surface area contributed by atoms with Crippen LogP contribution in [0.15, 0.2) is 65.9 Å². The molecule has 0 unspecified atom stereocenters. The number of aliphatic hydroxyl groups is 3. The lowest BCUT2D eigenvalue weighted by Crippen LogP contribution is -2.35. The Hall–Kier alpha value is -2.01. The van der Waals surface area contributed by atoms with E-state index in [0.717, 1.165) is 41.7 Å². The molecule has 4 heteroatoms. The van der Waals surface area contributed by atoms with Crippen molar-refractivity contribution in [3.8, 4) is 0 Å². The molecule has 0 spiro atoms. The van der Waals surface area contributed by atoms with Gasteiger partial charge < -0.3 is 15.3 Å². The first-order chi connectivity index (χ1) is 17.6. The normalized spacial score (nSPS) is 37.2. The molecule has 4 fully saturated rings. The zero-order valence-electron chi connectivity index (χ0n) is 22.9. The molecular weight excluding hydrogens is 458 g/mol. The summed E-state index contributed by atoms with van der Waals surface area (Å²) in [5.41, 5.74) is 5.50. The second kappa shape index (κ2) is 10.3. The average Bonchev–Trinajstić information content (AvgIpc) is 3.60. The minimum absolute atomic E-state index is 0.204. The number of aryl methyl sites for hydroxylation is 1. The number of pyridine rings is 1. The largest absolute Gasteiger partial charge is 0.393 e. The van der Waals surface area contributed by atoms with Crippen LogP contribution in [0.5, 0.6) is 0 Å². The second-order valence-electron chi connectivity index (χ2n) is 12.7. The molecule has 3 N–H and O–H groups in total. The number of fused-ring (bicyclic) bond motifs is 1. The van der Waals surface area contributed by atoms with Gasteiger partial charge in [0.25, 0.3) is 0 Å². The van der Waals surface area contributed by atoms with Crippen LogP contribution in [0.4, 0.5) is 0 Å². The lowest BCUT2D eigenvalue weighted by atomic mass is 9.61. The molecule has 5 rings (SSSR count). The SMILES string of the molecule is C=C1/C(=C\C=C2/CCC[C@]3(C)[C@@H]([C@H](C)/C=C/[C@H](O)C4(c5ccc(C)cn5)CC4)CC[C@@H]23)C[C@@H](O)C[C@@H]1O. The molecule has 7 atom stereocenters. The highest BCUT2D eigenvalue weighted by Gasteiger charge is 2.52. The smallest absolute Gasteiger partial charge is 0.0832 e. The number of aliphatic hydroxyl groups excluding tert-OH is 3. The summed E-state index contributed by atoms with van der Waals surface area (Å²) in [6.45, 7) is 10.9. The number of nitrogens with zero attached hydrogens (tertiary/aromatic N) is 1. The Morgan fingerprint density at radius 1 is 1.11 bits per heavy atom. The van der Waals surface area contributed by atoms with Crippen molar-refractivity contribution in [2.24, 2.45) is 23.2 Å². The number of aromatic nitrogens is 1. The molecule has 1 aromatic rings. The highest BCUT2D eigenvalue weighted by Crippen LogP contribution is 2.59. The summed E-state index contributed by atoms with van der Waals surface area (Å²) in [4.78, 5) is 4.64. The molecule has 1 aromatic heterocycles. The number of hydrogen-bond acceptors (Lipinski definition) is 4. The standard InChI is InChI=1S/C33H45NO3/c1-21-7-13-30(34-20-21)33(16-17-33)31(37)14-8-22(2)27-11-12-28-24(6-5-15-32(27,28)4)9-10-25-18-26(35)19-29(36)23(25)3/h7-10,13-14,20,22,26-29,31,35-37H,3,5-6,11-12,15-19H2,1-2,4H3/b14-8+,24-9+,25-10-/t22-,26-,27-,28+,29+,31+,32-/m1/s1. The van der Waals surface area contributed by atoms with E-state index in [2.05, 4.69) is 61.8 Å². The van der Waals surface area contributed by atoms with Crippen LogP contribution < -0.4 is 0 Å². The van der Waals surface area contributed by atoms with Gasteiger partial charge in [0.1, 0.15) is 0 Å². The molecule has 4 aliphatic rings. The first-order valence-corrected chi connectivity index (χ1v) is 14.4. The zero-order valence-corrected chi connectivity index (χ0v) is 22.9. The van der Waals surface area contributed by atoms with Gasteiger partial charge in [-0.05, 0) is 104 Å². The molecule has 0 radical (unpaired) electrons. The van der Waals surface area contributed by atoms with Crippen molar-refractivity contribution < 1.29 is 15.3 Å². The first kappa shape index (κ1) is 26.6. The van der Waals surface area contributed by atoms with Crippen LogP contribution in [0.3, 0.4) is 0 Å². The highest BCUT2D eigenvalue weighted by molar-refractivity contribution is 5.39. The summed E-state index contributed by atoms with van der Waals surface area (Å²) in [6.07, 6.45) is 18.0. The van der Waals surface area contributed by atoms with E-state index in [1.165, 1.54) is 31.3 Å². The van der Waals surface area contributed by atoms with Crippen LogP contribution in [-0.2, 0) is 5.41 Å². The van der Waals surface area contributed by atoms with E-state index in [0.29, 0.717) is 30.6 Å². The molecule has 37 heavy (non-hydrogen) atoms. The fourth-order valence-electron chi connectivity index (χ4n) is 7.81. The summed E-state index contributed by atoms with van der Waals surface area (Å²) in [5, 5.41) is 31.5. The van der Waals surface area contributed by atoms with Gasteiger partial charge in [0.05, 0.1) is 18.3 Å². The fourth-order valence-corrected chi connectivity index (χ4v) is 7.81. The molecule has 4 nitrogen and oxygen atoms in total. The van der Waals surface area contributed by atoms with E-state index in [1.807, 2.05) is 13.1 Å². The maximum atomic E-state index is 11.2. The lowest BCUT2D eigenvalue weighted by molar-refractivity contribution is 0.0862. The van der Waals surface area contributed by atoms with Gasteiger partial charge in [0.15, 0.2) is 0 Å². The Morgan fingerprint density at radius 2 is 1.89 bits per heavy atom. The van der Waals surface area contributed by atoms with E-state index >= 15 is 0 Å². The van der Waals surface area contributed by atoms with Crippen LogP contribution in [0, 0.1) is 30.1 Å².